The van der Waals surface area contributed by atoms with E-state index in [2.05, 4.69) is 5.32 Å². The third-order valence-electron chi connectivity index (χ3n) is 4.68. The highest BCUT2D eigenvalue weighted by atomic mass is 32.2. The number of rotatable bonds is 4. The number of nitrogens with one attached hydrogen (secondary N) is 1. The summed E-state index contributed by atoms with van der Waals surface area (Å²) >= 11 is 0. The lowest BCUT2D eigenvalue weighted by molar-refractivity contribution is -0.122. The molecule has 132 valence electrons. The van der Waals surface area contributed by atoms with Crippen molar-refractivity contribution in [3.8, 4) is 0 Å². The number of hydrogen-bond acceptors (Lipinski definition) is 5. The van der Waals surface area contributed by atoms with E-state index in [1.807, 2.05) is 0 Å². The number of sulfone groups is 1. The van der Waals surface area contributed by atoms with Gasteiger partial charge in [0.2, 0.25) is 5.91 Å². The van der Waals surface area contributed by atoms with Crippen molar-refractivity contribution in [2.75, 3.05) is 24.6 Å². The number of carbonyl (C=O) groups excluding carboxylic acids is 2. The zero-order valence-corrected chi connectivity index (χ0v) is 14.3. The molecular weight excluding hydrogens is 332 g/mol. The highest BCUT2D eigenvalue weighted by Gasteiger charge is 2.31. The van der Waals surface area contributed by atoms with Crippen molar-refractivity contribution in [2.24, 2.45) is 5.92 Å². The zero-order chi connectivity index (χ0) is 17.2. The Labute approximate surface area is 141 Å². The van der Waals surface area contributed by atoms with Gasteiger partial charge in [-0.3, -0.25) is 9.59 Å². The van der Waals surface area contributed by atoms with E-state index in [9.17, 15) is 18.0 Å². The fraction of sp³-hybridized carbons (Fsp3) is 0.625. The lowest BCUT2D eigenvalue weighted by Gasteiger charge is -2.32. The number of hydrogen-bond donors (Lipinski definition) is 1. The van der Waals surface area contributed by atoms with Gasteiger partial charge in [-0.25, -0.2) is 8.42 Å². The van der Waals surface area contributed by atoms with Crippen LogP contribution in [0.4, 0.5) is 0 Å². The number of furan rings is 1. The van der Waals surface area contributed by atoms with Crippen LogP contribution in [0.15, 0.2) is 22.8 Å². The maximum atomic E-state index is 12.2. The Morgan fingerprint density at radius 2 is 2.00 bits per heavy atom. The molecule has 0 bridgehead atoms. The Bertz CT molecular complexity index is 690. The number of piperidine rings is 1. The first-order chi connectivity index (χ1) is 11.4. The summed E-state index contributed by atoms with van der Waals surface area (Å²) in [6, 6.07) is 3.37. The van der Waals surface area contributed by atoms with E-state index >= 15 is 0 Å². The summed E-state index contributed by atoms with van der Waals surface area (Å²) in [5, 5.41) is 2.97. The van der Waals surface area contributed by atoms with E-state index in [4.69, 9.17) is 4.42 Å². The van der Waals surface area contributed by atoms with Gasteiger partial charge < -0.3 is 14.6 Å². The minimum absolute atomic E-state index is 0.0381. The van der Waals surface area contributed by atoms with Crippen molar-refractivity contribution in [1.29, 1.82) is 0 Å². The standard InChI is InChI=1S/C16H22N2O5S/c19-15(10-12-5-9-24(21,22)11-12)17-13-3-6-18(7-4-13)16(20)14-2-1-8-23-14/h1-2,8,12-13H,3-7,9-11H2,(H,17,19). The smallest absolute Gasteiger partial charge is 0.289 e. The van der Waals surface area contributed by atoms with Gasteiger partial charge >= 0.3 is 0 Å². The first kappa shape index (κ1) is 17.0. The topological polar surface area (TPSA) is 96.7 Å². The van der Waals surface area contributed by atoms with Gasteiger partial charge in [-0.1, -0.05) is 0 Å². The summed E-state index contributed by atoms with van der Waals surface area (Å²) in [6.45, 7) is 1.14. The molecule has 24 heavy (non-hydrogen) atoms. The second-order valence-electron chi connectivity index (χ2n) is 6.58. The number of carbonyl (C=O) groups is 2. The first-order valence-corrected chi connectivity index (χ1v) is 10.1. The third-order valence-corrected chi connectivity index (χ3v) is 6.52. The van der Waals surface area contributed by atoms with Crippen LogP contribution in [0.25, 0.3) is 0 Å². The highest BCUT2D eigenvalue weighted by Crippen LogP contribution is 2.22. The Kier molecular flexibility index (Phi) is 4.93. The SMILES string of the molecule is O=C(CC1CCS(=O)(=O)C1)NC1CCN(C(=O)c2ccco2)CC1. The highest BCUT2D eigenvalue weighted by molar-refractivity contribution is 7.91. The van der Waals surface area contributed by atoms with Gasteiger partial charge in [0.15, 0.2) is 15.6 Å². The van der Waals surface area contributed by atoms with Crippen molar-refractivity contribution in [3.05, 3.63) is 24.2 Å². The van der Waals surface area contributed by atoms with Gasteiger partial charge in [0.1, 0.15) is 0 Å². The predicted molar refractivity (Wildman–Crippen MR) is 87.2 cm³/mol. The van der Waals surface area contributed by atoms with Gasteiger partial charge in [-0.15, -0.1) is 0 Å². The molecule has 2 saturated heterocycles. The average molecular weight is 354 g/mol. The Morgan fingerprint density at radius 3 is 2.58 bits per heavy atom. The summed E-state index contributed by atoms with van der Waals surface area (Å²) in [7, 11) is -2.95. The molecule has 0 aliphatic carbocycles. The van der Waals surface area contributed by atoms with E-state index in [0.29, 0.717) is 38.1 Å². The van der Waals surface area contributed by atoms with E-state index in [0.717, 1.165) is 0 Å². The molecule has 2 amide bonds. The number of likely N-dealkylation sites (tertiary alicyclic amines) is 1. The second kappa shape index (κ2) is 6.96. The molecule has 3 heterocycles. The first-order valence-electron chi connectivity index (χ1n) is 8.25. The lowest BCUT2D eigenvalue weighted by Crippen LogP contribution is -2.46. The van der Waals surface area contributed by atoms with Crippen LogP contribution in [0.1, 0.15) is 36.2 Å². The molecule has 1 aromatic heterocycles. The summed E-state index contributed by atoms with van der Waals surface area (Å²) in [5.74, 6) is 0.374. The van der Waals surface area contributed by atoms with Crippen LogP contribution in [-0.4, -0.2) is 55.8 Å². The summed E-state index contributed by atoms with van der Waals surface area (Å²) in [4.78, 5) is 26.0. The lowest BCUT2D eigenvalue weighted by atomic mass is 10.0. The molecule has 3 rings (SSSR count). The van der Waals surface area contributed by atoms with Crippen LogP contribution in [0.3, 0.4) is 0 Å². The molecule has 7 nitrogen and oxygen atoms in total. The molecule has 0 spiro atoms. The normalized spacial score (nSPS) is 24.0. The van der Waals surface area contributed by atoms with Crippen LogP contribution in [0.5, 0.6) is 0 Å². The van der Waals surface area contributed by atoms with Crippen molar-refractivity contribution >= 4 is 21.7 Å². The molecule has 2 fully saturated rings. The summed E-state index contributed by atoms with van der Waals surface area (Å²) in [5.41, 5.74) is 0. The Morgan fingerprint density at radius 1 is 1.25 bits per heavy atom. The largest absolute Gasteiger partial charge is 0.459 e. The van der Waals surface area contributed by atoms with Crippen molar-refractivity contribution in [2.45, 2.75) is 31.7 Å². The van der Waals surface area contributed by atoms with Gasteiger partial charge in [0, 0.05) is 25.6 Å². The van der Waals surface area contributed by atoms with Crippen molar-refractivity contribution in [3.63, 3.8) is 0 Å². The van der Waals surface area contributed by atoms with Crippen LogP contribution < -0.4 is 5.32 Å². The van der Waals surface area contributed by atoms with Crippen LogP contribution in [0, 0.1) is 5.92 Å². The molecule has 0 aromatic carbocycles. The fourth-order valence-electron chi connectivity index (χ4n) is 3.36. The zero-order valence-electron chi connectivity index (χ0n) is 13.4. The molecule has 0 saturated carbocycles. The van der Waals surface area contributed by atoms with Crippen LogP contribution >= 0.6 is 0 Å². The van der Waals surface area contributed by atoms with Gasteiger partial charge in [-0.05, 0) is 37.3 Å². The monoisotopic (exact) mass is 354 g/mol. The third kappa shape index (κ3) is 4.17. The van der Waals surface area contributed by atoms with Gasteiger partial charge in [0.05, 0.1) is 17.8 Å². The maximum Gasteiger partial charge on any atom is 0.289 e. The summed E-state index contributed by atoms with van der Waals surface area (Å²) in [6.07, 6.45) is 3.71. The average Bonchev–Trinajstić information content (AvgIpc) is 3.17. The van der Waals surface area contributed by atoms with E-state index in [1.54, 1.807) is 17.0 Å². The Hall–Kier alpha value is -1.83. The molecule has 2 aliphatic rings. The predicted octanol–water partition coefficient (Wildman–Crippen LogP) is 0.825. The van der Waals surface area contributed by atoms with E-state index in [1.165, 1.54) is 6.26 Å². The van der Waals surface area contributed by atoms with Crippen molar-refractivity contribution < 1.29 is 22.4 Å². The molecule has 1 N–H and O–H groups in total. The summed E-state index contributed by atoms with van der Waals surface area (Å²) < 4.78 is 28.0. The quantitative estimate of drug-likeness (QED) is 0.864. The maximum absolute atomic E-state index is 12.2. The molecule has 8 heteroatoms. The van der Waals surface area contributed by atoms with Crippen LogP contribution in [-0.2, 0) is 14.6 Å². The van der Waals surface area contributed by atoms with E-state index in [-0.39, 0.29) is 41.7 Å². The number of amides is 2. The molecule has 2 aliphatic heterocycles. The van der Waals surface area contributed by atoms with Crippen LogP contribution in [0.2, 0.25) is 0 Å². The molecular formula is C16H22N2O5S. The van der Waals surface area contributed by atoms with Crippen molar-refractivity contribution in [1.82, 2.24) is 10.2 Å². The molecule has 0 radical (unpaired) electrons. The minimum Gasteiger partial charge on any atom is -0.459 e. The minimum atomic E-state index is -2.95. The fourth-order valence-corrected chi connectivity index (χ4v) is 5.23. The molecule has 1 aromatic rings. The molecule has 1 atom stereocenters. The van der Waals surface area contributed by atoms with Gasteiger partial charge in [0.25, 0.3) is 5.91 Å². The molecule has 1 unspecified atom stereocenters. The van der Waals surface area contributed by atoms with Gasteiger partial charge in [-0.2, -0.15) is 0 Å². The second-order valence-corrected chi connectivity index (χ2v) is 8.81. The van der Waals surface area contributed by atoms with E-state index < -0.39 is 9.84 Å². The Balaban J connectivity index is 1.42. The number of nitrogens with zero attached hydrogens (tertiary/aromatic N) is 1.